The van der Waals surface area contributed by atoms with E-state index in [1.54, 1.807) is 24.4 Å². The highest BCUT2D eigenvalue weighted by Gasteiger charge is 2.17. The Labute approximate surface area is 119 Å². The fourth-order valence-electron chi connectivity index (χ4n) is 1.69. The zero-order chi connectivity index (χ0) is 15.2. The average molecular weight is 289 g/mol. The van der Waals surface area contributed by atoms with E-state index in [2.05, 4.69) is 15.6 Å². The van der Waals surface area contributed by atoms with Crippen molar-refractivity contribution in [1.29, 1.82) is 0 Å². The first-order valence-corrected chi connectivity index (χ1v) is 6.04. The molecule has 1 aromatic carbocycles. The first kappa shape index (κ1) is 14.4. The van der Waals surface area contributed by atoms with Gasteiger partial charge in [0.15, 0.2) is 0 Å². The summed E-state index contributed by atoms with van der Waals surface area (Å²) >= 11 is 0. The minimum absolute atomic E-state index is 0.110. The van der Waals surface area contributed by atoms with E-state index in [1.165, 1.54) is 12.1 Å². The number of carbonyl (C=O) groups excluding carboxylic acids is 1. The van der Waals surface area contributed by atoms with Crippen LogP contribution in [-0.2, 0) is 6.54 Å². The van der Waals surface area contributed by atoms with Gasteiger partial charge in [-0.1, -0.05) is 12.1 Å². The maximum Gasteiger partial charge on any atom is 0.340 e. The summed E-state index contributed by atoms with van der Waals surface area (Å²) in [5.41, 5.74) is -0.0446. The van der Waals surface area contributed by atoms with Crippen LogP contribution < -0.4 is 10.6 Å². The molecule has 21 heavy (non-hydrogen) atoms. The molecule has 0 saturated carbocycles. The first-order valence-electron chi connectivity index (χ1n) is 6.04. The van der Waals surface area contributed by atoms with E-state index in [0.717, 1.165) is 6.07 Å². The van der Waals surface area contributed by atoms with Gasteiger partial charge in [-0.3, -0.25) is 4.98 Å². The third kappa shape index (κ3) is 3.75. The van der Waals surface area contributed by atoms with E-state index in [0.29, 0.717) is 5.69 Å². The van der Waals surface area contributed by atoms with Gasteiger partial charge in [-0.05, 0) is 24.3 Å². The number of nitrogens with one attached hydrogen (secondary N) is 2. The second kappa shape index (κ2) is 6.47. The first-order chi connectivity index (χ1) is 10.1. The van der Waals surface area contributed by atoms with Crippen molar-refractivity contribution in [2.24, 2.45) is 0 Å². The Morgan fingerprint density at radius 1 is 1.19 bits per heavy atom. The number of halogens is 1. The highest BCUT2D eigenvalue weighted by Crippen LogP contribution is 2.18. The van der Waals surface area contributed by atoms with Crippen LogP contribution >= 0.6 is 0 Å². The Hall–Kier alpha value is -2.96. The molecule has 0 atom stereocenters. The Bertz CT molecular complexity index is 662. The maximum atomic E-state index is 13.4. The molecule has 7 heteroatoms. The van der Waals surface area contributed by atoms with Crippen LogP contribution in [0.2, 0.25) is 0 Å². The highest BCUT2D eigenvalue weighted by molar-refractivity contribution is 6.00. The number of anilines is 1. The summed E-state index contributed by atoms with van der Waals surface area (Å²) in [6.45, 7) is 0.171. The minimum Gasteiger partial charge on any atom is -0.478 e. The van der Waals surface area contributed by atoms with Crippen molar-refractivity contribution in [2.45, 2.75) is 6.54 Å². The lowest BCUT2D eigenvalue weighted by atomic mass is 10.1. The number of amides is 2. The molecule has 0 aliphatic heterocycles. The van der Waals surface area contributed by atoms with Gasteiger partial charge in [0.25, 0.3) is 0 Å². The number of carboxylic acid groups (broad SMARTS) is 1. The molecule has 0 saturated heterocycles. The molecular formula is C14H12FN3O3. The fourth-order valence-corrected chi connectivity index (χ4v) is 1.69. The summed E-state index contributed by atoms with van der Waals surface area (Å²) in [5, 5.41) is 13.8. The topological polar surface area (TPSA) is 91.3 Å². The fraction of sp³-hybridized carbons (Fsp3) is 0.0714. The molecular weight excluding hydrogens is 277 g/mol. The molecule has 1 aromatic heterocycles. The third-order valence-electron chi connectivity index (χ3n) is 2.63. The number of carbonyl (C=O) groups is 2. The second-order valence-corrected chi connectivity index (χ2v) is 4.10. The molecule has 2 rings (SSSR count). The Morgan fingerprint density at radius 3 is 2.67 bits per heavy atom. The lowest BCUT2D eigenvalue weighted by Gasteiger charge is -2.10. The van der Waals surface area contributed by atoms with Gasteiger partial charge in [0.05, 0.1) is 17.9 Å². The van der Waals surface area contributed by atoms with E-state index >= 15 is 0 Å². The van der Waals surface area contributed by atoms with Crippen molar-refractivity contribution in [3.63, 3.8) is 0 Å². The molecule has 6 nitrogen and oxygen atoms in total. The van der Waals surface area contributed by atoms with Crippen LogP contribution in [0.3, 0.4) is 0 Å². The zero-order valence-corrected chi connectivity index (χ0v) is 10.8. The number of hydrogen-bond donors (Lipinski definition) is 3. The number of benzene rings is 1. The van der Waals surface area contributed by atoms with Crippen LogP contribution in [0, 0.1) is 5.82 Å². The number of nitrogens with zero attached hydrogens (tertiary/aromatic N) is 1. The van der Waals surface area contributed by atoms with Crippen LogP contribution in [0.5, 0.6) is 0 Å². The van der Waals surface area contributed by atoms with Crippen LogP contribution in [0.15, 0.2) is 42.6 Å². The quantitative estimate of drug-likeness (QED) is 0.805. The van der Waals surface area contributed by atoms with Gasteiger partial charge in [-0.25, -0.2) is 14.0 Å². The van der Waals surface area contributed by atoms with Crippen molar-refractivity contribution in [1.82, 2.24) is 10.3 Å². The number of urea groups is 1. The van der Waals surface area contributed by atoms with Crippen molar-refractivity contribution in [2.75, 3.05) is 5.32 Å². The molecule has 0 unspecified atom stereocenters. The highest BCUT2D eigenvalue weighted by atomic mass is 19.1. The molecule has 0 aliphatic carbocycles. The Balaban J connectivity index is 2.03. The van der Waals surface area contributed by atoms with E-state index in [9.17, 15) is 14.0 Å². The predicted octanol–water partition coefficient (Wildman–Crippen LogP) is 2.24. The van der Waals surface area contributed by atoms with Crippen LogP contribution in [-0.4, -0.2) is 22.1 Å². The Morgan fingerprint density at radius 2 is 2.00 bits per heavy atom. The van der Waals surface area contributed by atoms with Crippen molar-refractivity contribution < 1.29 is 19.1 Å². The number of hydrogen-bond acceptors (Lipinski definition) is 3. The summed E-state index contributed by atoms with van der Waals surface area (Å²) in [6, 6.07) is 8.25. The van der Waals surface area contributed by atoms with Crippen molar-refractivity contribution in [3.05, 3.63) is 59.7 Å². The van der Waals surface area contributed by atoms with Crippen molar-refractivity contribution >= 4 is 17.7 Å². The van der Waals surface area contributed by atoms with E-state index in [-0.39, 0.29) is 12.2 Å². The largest absolute Gasteiger partial charge is 0.478 e. The predicted molar refractivity (Wildman–Crippen MR) is 73.5 cm³/mol. The SMILES string of the molecule is O=C(NCc1ccccn1)Nc1cccc(F)c1C(=O)O. The normalized spacial score (nSPS) is 9.95. The summed E-state index contributed by atoms with van der Waals surface area (Å²) < 4.78 is 13.4. The average Bonchev–Trinajstić information content (AvgIpc) is 2.46. The van der Waals surface area contributed by atoms with Gasteiger partial charge < -0.3 is 15.7 Å². The number of rotatable bonds is 4. The number of carboxylic acids is 1. The second-order valence-electron chi connectivity index (χ2n) is 4.10. The third-order valence-corrected chi connectivity index (χ3v) is 2.63. The van der Waals surface area contributed by atoms with Crippen molar-refractivity contribution in [3.8, 4) is 0 Å². The summed E-state index contributed by atoms with van der Waals surface area (Å²) in [4.78, 5) is 26.7. The van der Waals surface area contributed by atoms with E-state index in [4.69, 9.17) is 5.11 Å². The van der Waals surface area contributed by atoms with Gasteiger partial charge in [-0.2, -0.15) is 0 Å². The van der Waals surface area contributed by atoms with Gasteiger partial charge in [0.1, 0.15) is 11.4 Å². The zero-order valence-electron chi connectivity index (χ0n) is 10.8. The van der Waals surface area contributed by atoms with Gasteiger partial charge >= 0.3 is 12.0 Å². The Kier molecular flexibility index (Phi) is 4.45. The minimum atomic E-state index is -1.45. The molecule has 2 amide bonds. The number of aromatic carboxylic acids is 1. The van der Waals surface area contributed by atoms with Gasteiger partial charge in [0.2, 0.25) is 0 Å². The molecule has 0 fully saturated rings. The van der Waals surface area contributed by atoms with Crippen LogP contribution in [0.25, 0.3) is 0 Å². The van der Waals surface area contributed by atoms with E-state index < -0.39 is 23.4 Å². The molecule has 108 valence electrons. The summed E-state index contributed by atoms with van der Waals surface area (Å²) in [5.74, 6) is -2.36. The van der Waals surface area contributed by atoms with Crippen LogP contribution in [0.4, 0.5) is 14.9 Å². The molecule has 0 aliphatic rings. The molecule has 1 heterocycles. The molecule has 0 spiro atoms. The molecule has 0 radical (unpaired) electrons. The number of pyridine rings is 1. The summed E-state index contributed by atoms with van der Waals surface area (Å²) in [6.07, 6.45) is 1.59. The maximum absolute atomic E-state index is 13.4. The lowest BCUT2D eigenvalue weighted by molar-refractivity contribution is 0.0693. The number of aromatic nitrogens is 1. The molecule has 3 N–H and O–H groups in total. The smallest absolute Gasteiger partial charge is 0.340 e. The lowest BCUT2D eigenvalue weighted by Crippen LogP contribution is -2.29. The standard InChI is InChI=1S/C14H12FN3O3/c15-10-5-3-6-11(12(10)13(19)20)18-14(21)17-8-9-4-1-2-7-16-9/h1-7H,8H2,(H,19,20)(H2,17,18,21). The molecule has 2 aromatic rings. The van der Waals surface area contributed by atoms with Gasteiger partial charge in [-0.15, -0.1) is 0 Å². The van der Waals surface area contributed by atoms with E-state index in [1.807, 2.05) is 0 Å². The van der Waals surface area contributed by atoms with Crippen LogP contribution in [0.1, 0.15) is 16.1 Å². The monoisotopic (exact) mass is 289 g/mol. The van der Waals surface area contributed by atoms with Gasteiger partial charge in [0, 0.05) is 6.20 Å². The molecule has 0 bridgehead atoms. The summed E-state index contributed by atoms with van der Waals surface area (Å²) in [7, 11) is 0.